The molecule has 0 bridgehead atoms. The molecule has 2 aromatic heterocycles. The van der Waals surface area contributed by atoms with E-state index in [2.05, 4.69) is 24.8 Å². The van der Waals surface area contributed by atoms with Gasteiger partial charge in [0.15, 0.2) is 0 Å². The first-order valence-corrected chi connectivity index (χ1v) is 14.3. The minimum Gasteiger partial charge on any atom is -0.461 e. The Balaban J connectivity index is 1.32. The molecule has 2 N–H and O–H groups in total. The summed E-state index contributed by atoms with van der Waals surface area (Å²) in [5.41, 5.74) is 5.59. The largest absolute Gasteiger partial charge is 0.461 e. The standard InChI is InChI=1S/C28H37FN8O3/c1-18(20-7-5-12-31-22(20)30)35(2)24-32-25(37-14-11-28(23(37)39)10-4-3-8-21(28)38)34-26(33-24)40-17-27-9-6-13-36(27)16-19(29)15-27/h5,7,12,18-19H,3-4,6,8-11,13-17H2,1-2H3,(H2,30,31)/t18-,19-,27+,28?/m1/s1. The van der Waals surface area contributed by atoms with E-state index >= 15 is 0 Å². The Kier molecular flexibility index (Phi) is 6.84. The molecule has 1 amide bonds. The molecule has 4 atom stereocenters. The molecule has 11 nitrogen and oxygen atoms in total. The maximum atomic E-state index is 14.4. The number of rotatable bonds is 7. The molecule has 3 aliphatic heterocycles. The van der Waals surface area contributed by atoms with Gasteiger partial charge < -0.3 is 15.4 Å². The number of aromatic nitrogens is 4. The molecule has 6 rings (SSSR count). The summed E-state index contributed by atoms with van der Waals surface area (Å²) in [6, 6.07) is 3.54. The Morgan fingerprint density at radius 3 is 2.83 bits per heavy atom. The molecular weight excluding hydrogens is 515 g/mol. The van der Waals surface area contributed by atoms with Crippen LogP contribution in [0.1, 0.15) is 69.9 Å². The predicted octanol–water partition coefficient (Wildman–Crippen LogP) is 2.87. The second-order valence-electron chi connectivity index (χ2n) is 11.8. The molecule has 1 saturated carbocycles. The van der Waals surface area contributed by atoms with Crippen molar-refractivity contribution < 1.29 is 18.7 Å². The molecular formula is C28H37FN8O3. The molecule has 1 aliphatic carbocycles. The average Bonchev–Trinajstić information content (AvgIpc) is 3.59. The zero-order chi connectivity index (χ0) is 28.1. The number of hydrogen-bond acceptors (Lipinski definition) is 10. The fraction of sp³-hybridized carbons (Fsp3) is 0.643. The second kappa shape index (κ2) is 10.2. The lowest BCUT2D eigenvalue weighted by molar-refractivity contribution is -0.140. The normalized spacial score (nSPS) is 29.3. The summed E-state index contributed by atoms with van der Waals surface area (Å²) < 4.78 is 20.6. The first-order chi connectivity index (χ1) is 19.2. The van der Waals surface area contributed by atoms with E-state index in [-0.39, 0.29) is 41.8 Å². The molecule has 5 heterocycles. The lowest BCUT2D eigenvalue weighted by Gasteiger charge is -2.31. The van der Waals surface area contributed by atoms with Crippen molar-refractivity contribution in [3.63, 3.8) is 0 Å². The number of fused-ring (bicyclic) bond motifs is 1. The number of anilines is 3. The van der Waals surface area contributed by atoms with Crippen LogP contribution in [-0.4, -0.2) is 81.5 Å². The van der Waals surface area contributed by atoms with E-state index in [1.165, 1.54) is 4.90 Å². The number of ketones is 1. The van der Waals surface area contributed by atoms with Gasteiger partial charge in [-0.2, -0.15) is 15.0 Å². The summed E-state index contributed by atoms with van der Waals surface area (Å²) in [6.45, 7) is 3.83. The van der Waals surface area contributed by atoms with E-state index in [4.69, 9.17) is 10.5 Å². The topological polar surface area (TPSA) is 131 Å². The molecule has 12 heteroatoms. The Bertz CT molecular complexity index is 1310. The zero-order valence-electron chi connectivity index (χ0n) is 23.2. The Morgan fingerprint density at radius 1 is 1.18 bits per heavy atom. The molecule has 4 fully saturated rings. The lowest BCUT2D eigenvalue weighted by Crippen LogP contribution is -2.44. The molecule has 40 heavy (non-hydrogen) atoms. The Hall–Kier alpha value is -3.41. The van der Waals surface area contributed by atoms with Gasteiger partial charge in [-0.15, -0.1) is 0 Å². The van der Waals surface area contributed by atoms with Gasteiger partial charge in [-0.05, 0) is 51.6 Å². The van der Waals surface area contributed by atoms with E-state index in [0.29, 0.717) is 50.5 Å². The summed E-state index contributed by atoms with van der Waals surface area (Å²) >= 11 is 0. The van der Waals surface area contributed by atoms with E-state index in [0.717, 1.165) is 37.8 Å². The number of pyridine rings is 1. The van der Waals surface area contributed by atoms with Crippen LogP contribution >= 0.6 is 0 Å². The van der Waals surface area contributed by atoms with E-state index < -0.39 is 11.6 Å². The fourth-order valence-corrected chi connectivity index (χ4v) is 7.03. The highest BCUT2D eigenvalue weighted by Crippen LogP contribution is 2.44. The van der Waals surface area contributed by atoms with Gasteiger partial charge >= 0.3 is 6.01 Å². The number of carbonyl (C=O) groups excluding carboxylic acids is 2. The van der Waals surface area contributed by atoms with Crippen LogP contribution in [0.2, 0.25) is 0 Å². The number of nitrogens with two attached hydrogens (primary N) is 1. The van der Waals surface area contributed by atoms with Gasteiger partial charge in [0.1, 0.15) is 29.8 Å². The number of Topliss-reactive ketones (excluding diaryl/α,β-unsaturated/α-hetero) is 1. The van der Waals surface area contributed by atoms with Gasteiger partial charge in [0.25, 0.3) is 0 Å². The summed E-state index contributed by atoms with van der Waals surface area (Å²) in [7, 11) is 1.83. The number of ether oxygens (including phenoxy) is 1. The number of amides is 1. The van der Waals surface area contributed by atoms with Crippen LogP contribution in [0.5, 0.6) is 6.01 Å². The molecule has 214 valence electrons. The summed E-state index contributed by atoms with van der Waals surface area (Å²) in [5.74, 6) is 0.632. The monoisotopic (exact) mass is 552 g/mol. The first-order valence-electron chi connectivity index (χ1n) is 14.3. The second-order valence-corrected chi connectivity index (χ2v) is 11.8. The predicted molar refractivity (Wildman–Crippen MR) is 147 cm³/mol. The van der Waals surface area contributed by atoms with Gasteiger partial charge in [0.05, 0.1) is 11.6 Å². The maximum absolute atomic E-state index is 14.4. The number of nitrogen functional groups attached to an aromatic ring is 1. The van der Waals surface area contributed by atoms with Crippen molar-refractivity contribution in [2.75, 3.05) is 48.8 Å². The van der Waals surface area contributed by atoms with Gasteiger partial charge in [0, 0.05) is 44.7 Å². The summed E-state index contributed by atoms with van der Waals surface area (Å²) in [4.78, 5) is 50.2. The van der Waals surface area contributed by atoms with E-state index in [1.54, 1.807) is 6.20 Å². The summed E-state index contributed by atoms with van der Waals surface area (Å²) in [6.07, 6.45) is 6.14. The van der Waals surface area contributed by atoms with Gasteiger partial charge in [-0.3, -0.25) is 19.4 Å². The van der Waals surface area contributed by atoms with Gasteiger partial charge in [-0.25, -0.2) is 9.37 Å². The number of alkyl halides is 1. The third-order valence-electron chi connectivity index (χ3n) is 9.49. The van der Waals surface area contributed by atoms with Crippen LogP contribution in [-0.2, 0) is 9.59 Å². The van der Waals surface area contributed by atoms with Crippen LogP contribution in [0, 0.1) is 5.41 Å². The van der Waals surface area contributed by atoms with Crippen LogP contribution < -0.4 is 20.3 Å². The minimum absolute atomic E-state index is 0.0113. The molecule has 1 unspecified atom stereocenters. The highest BCUT2D eigenvalue weighted by atomic mass is 19.1. The maximum Gasteiger partial charge on any atom is 0.323 e. The molecule has 1 spiro atoms. The van der Waals surface area contributed by atoms with Crippen molar-refractivity contribution in [3.8, 4) is 6.01 Å². The third kappa shape index (κ3) is 4.46. The highest BCUT2D eigenvalue weighted by molar-refractivity contribution is 6.14. The van der Waals surface area contributed by atoms with Crippen molar-refractivity contribution in [2.45, 2.75) is 76.0 Å². The quantitative estimate of drug-likeness (QED) is 0.512. The average molecular weight is 553 g/mol. The SMILES string of the molecule is C[C@H](c1cccnc1N)N(C)c1nc(OC[C@@]23CCCN2C[C@H](F)C3)nc(N2CCC3(CCCCC3=O)C2=O)n1. The smallest absolute Gasteiger partial charge is 0.323 e. The molecule has 0 aromatic carbocycles. The van der Waals surface area contributed by atoms with Crippen molar-refractivity contribution in [1.82, 2.24) is 24.8 Å². The molecule has 3 saturated heterocycles. The third-order valence-corrected chi connectivity index (χ3v) is 9.49. The first kappa shape index (κ1) is 26.8. The van der Waals surface area contributed by atoms with Crippen LogP contribution in [0.3, 0.4) is 0 Å². The van der Waals surface area contributed by atoms with Gasteiger partial charge in [-0.1, -0.05) is 12.5 Å². The van der Waals surface area contributed by atoms with Crippen LogP contribution in [0.25, 0.3) is 0 Å². The van der Waals surface area contributed by atoms with Crippen molar-refractivity contribution in [3.05, 3.63) is 23.9 Å². The number of hydrogen-bond donors (Lipinski definition) is 1. The van der Waals surface area contributed by atoms with E-state index in [9.17, 15) is 14.0 Å². The van der Waals surface area contributed by atoms with Crippen LogP contribution in [0.4, 0.5) is 22.1 Å². The fourth-order valence-electron chi connectivity index (χ4n) is 7.03. The zero-order valence-corrected chi connectivity index (χ0v) is 23.2. The number of halogens is 1. The van der Waals surface area contributed by atoms with E-state index in [1.807, 2.05) is 31.0 Å². The molecule has 2 aromatic rings. The van der Waals surface area contributed by atoms with Crippen molar-refractivity contribution in [2.24, 2.45) is 5.41 Å². The van der Waals surface area contributed by atoms with Gasteiger partial charge in [0.2, 0.25) is 17.8 Å². The van der Waals surface area contributed by atoms with Crippen molar-refractivity contribution >= 4 is 29.4 Å². The highest BCUT2D eigenvalue weighted by Gasteiger charge is 2.54. The van der Waals surface area contributed by atoms with Crippen LogP contribution in [0.15, 0.2) is 18.3 Å². The number of nitrogens with zero attached hydrogens (tertiary/aromatic N) is 7. The lowest BCUT2D eigenvalue weighted by atomic mass is 9.72. The molecule has 4 aliphatic rings. The summed E-state index contributed by atoms with van der Waals surface area (Å²) in [5, 5.41) is 0. The Labute approximate surface area is 233 Å². The Morgan fingerprint density at radius 2 is 2.02 bits per heavy atom. The number of carbonyl (C=O) groups is 2. The van der Waals surface area contributed by atoms with Crippen molar-refractivity contribution in [1.29, 1.82) is 0 Å². The molecule has 0 radical (unpaired) electrons. The minimum atomic E-state index is -0.987.